The first-order valence-corrected chi connectivity index (χ1v) is 3.69. The Balaban J connectivity index is 2.35. The molecule has 0 spiro atoms. The Morgan fingerprint density at radius 1 is 1.90 bits per heavy atom. The lowest BCUT2D eigenvalue weighted by Crippen LogP contribution is -1.97. The van der Waals surface area contributed by atoms with Crippen LogP contribution >= 0.6 is 11.3 Å². The van der Waals surface area contributed by atoms with Crippen molar-refractivity contribution in [3.63, 3.8) is 0 Å². The van der Waals surface area contributed by atoms with Gasteiger partial charge in [-0.05, 0) is 0 Å². The molecule has 1 radical (unpaired) electrons. The number of aliphatic carboxylic acids is 1. The van der Waals surface area contributed by atoms with Crippen molar-refractivity contribution in [1.82, 2.24) is 4.98 Å². The number of carboxylic acids is 1. The van der Waals surface area contributed by atoms with E-state index >= 15 is 0 Å². The minimum Gasteiger partial charge on any atom is -0.481 e. The van der Waals surface area contributed by atoms with Gasteiger partial charge in [0.1, 0.15) is 0 Å². The van der Waals surface area contributed by atoms with Gasteiger partial charge in [0, 0.05) is 11.8 Å². The second kappa shape index (κ2) is 3.31. The van der Waals surface area contributed by atoms with E-state index in [-0.39, 0.29) is 6.42 Å². The van der Waals surface area contributed by atoms with Gasteiger partial charge in [-0.15, -0.1) is 11.3 Å². The minimum atomic E-state index is -0.784. The van der Waals surface area contributed by atoms with Gasteiger partial charge in [-0.1, -0.05) is 0 Å². The van der Waals surface area contributed by atoms with Gasteiger partial charge in [-0.25, -0.2) is 4.98 Å². The maximum atomic E-state index is 10.1. The Morgan fingerprint density at radius 3 is 3.20 bits per heavy atom. The van der Waals surface area contributed by atoms with Crippen LogP contribution in [-0.2, 0) is 11.2 Å². The number of hydrogen-bond donors (Lipinski definition) is 1. The van der Waals surface area contributed by atoms with Crippen LogP contribution in [0.2, 0.25) is 0 Å². The third-order valence-electron chi connectivity index (χ3n) is 1.03. The Kier molecular flexibility index (Phi) is 2.39. The van der Waals surface area contributed by atoms with Crippen LogP contribution in [0.1, 0.15) is 12.1 Å². The molecule has 0 atom stereocenters. The number of aryl methyl sites for hydroxylation is 1. The number of rotatable bonds is 3. The van der Waals surface area contributed by atoms with E-state index in [1.165, 1.54) is 11.3 Å². The lowest BCUT2D eigenvalue weighted by Gasteiger charge is -1.88. The van der Waals surface area contributed by atoms with E-state index in [1.54, 1.807) is 0 Å². The molecular formula is C6H6NO2S. The van der Waals surface area contributed by atoms with Gasteiger partial charge < -0.3 is 5.11 Å². The second-order valence-corrected chi connectivity index (χ2v) is 2.48. The normalized spacial score (nSPS) is 9.60. The van der Waals surface area contributed by atoms with Crippen molar-refractivity contribution < 1.29 is 9.90 Å². The van der Waals surface area contributed by atoms with Crippen molar-refractivity contribution in [2.24, 2.45) is 0 Å². The average Bonchev–Trinajstić information content (AvgIpc) is 2.34. The van der Waals surface area contributed by atoms with E-state index in [1.807, 2.05) is 5.38 Å². The van der Waals surface area contributed by atoms with Gasteiger partial charge >= 0.3 is 5.97 Å². The van der Waals surface area contributed by atoms with Crippen LogP contribution < -0.4 is 0 Å². The van der Waals surface area contributed by atoms with Crippen LogP contribution in [-0.4, -0.2) is 16.1 Å². The SMILES string of the molecule is O=C(O)CCc1cs[c]n1. The highest BCUT2D eigenvalue weighted by molar-refractivity contribution is 7.07. The monoisotopic (exact) mass is 156 g/mol. The molecule has 0 fully saturated rings. The highest BCUT2D eigenvalue weighted by atomic mass is 32.1. The van der Waals surface area contributed by atoms with Crippen LogP contribution in [0, 0.1) is 5.51 Å². The molecule has 3 nitrogen and oxygen atoms in total. The molecule has 0 aliphatic heterocycles. The summed E-state index contributed by atoms with van der Waals surface area (Å²) in [4.78, 5) is 13.9. The fourth-order valence-corrected chi connectivity index (χ4v) is 1.08. The smallest absolute Gasteiger partial charge is 0.303 e. The predicted octanol–water partition coefficient (Wildman–Crippen LogP) is 0.960. The summed E-state index contributed by atoms with van der Waals surface area (Å²) < 4.78 is 0. The Labute approximate surface area is 62.3 Å². The zero-order valence-corrected chi connectivity index (χ0v) is 6.02. The molecule has 53 valence electrons. The van der Waals surface area contributed by atoms with Crippen LogP contribution in [0.5, 0.6) is 0 Å². The first kappa shape index (κ1) is 7.21. The average molecular weight is 156 g/mol. The molecule has 10 heavy (non-hydrogen) atoms. The van der Waals surface area contributed by atoms with Crippen molar-refractivity contribution in [3.05, 3.63) is 16.6 Å². The Bertz CT molecular complexity index is 208. The summed E-state index contributed by atoms with van der Waals surface area (Å²) in [5, 5.41) is 10.1. The Hall–Kier alpha value is -0.900. The largest absolute Gasteiger partial charge is 0.481 e. The van der Waals surface area contributed by atoms with Gasteiger partial charge in [-0.3, -0.25) is 4.79 Å². The summed E-state index contributed by atoms with van der Waals surface area (Å²) >= 11 is 1.36. The van der Waals surface area contributed by atoms with Gasteiger partial charge in [0.15, 0.2) is 5.51 Å². The highest BCUT2D eigenvalue weighted by Crippen LogP contribution is 2.02. The molecule has 0 aliphatic carbocycles. The molecule has 1 rings (SSSR count). The molecule has 0 saturated heterocycles. The van der Waals surface area contributed by atoms with Gasteiger partial charge in [0.2, 0.25) is 0 Å². The number of carboxylic acid groups (broad SMARTS) is 1. The summed E-state index contributed by atoms with van der Waals surface area (Å²) in [7, 11) is 0. The molecule has 1 N–H and O–H groups in total. The quantitative estimate of drug-likeness (QED) is 0.709. The van der Waals surface area contributed by atoms with E-state index in [9.17, 15) is 4.79 Å². The second-order valence-electron chi connectivity index (χ2n) is 1.82. The van der Waals surface area contributed by atoms with E-state index < -0.39 is 5.97 Å². The van der Waals surface area contributed by atoms with Gasteiger partial charge in [-0.2, -0.15) is 0 Å². The lowest BCUT2D eigenvalue weighted by molar-refractivity contribution is -0.136. The van der Waals surface area contributed by atoms with Crippen molar-refractivity contribution in [2.45, 2.75) is 12.8 Å². The Morgan fingerprint density at radius 2 is 2.70 bits per heavy atom. The fourth-order valence-electron chi connectivity index (χ4n) is 0.556. The first-order chi connectivity index (χ1) is 4.79. The fraction of sp³-hybridized carbons (Fsp3) is 0.333. The molecule has 0 saturated carbocycles. The third kappa shape index (κ3) is 2.14. The maximum absolute atomic E-state index is 10.1. The highest BCUT2D eigenvalue weighted by Gasteiger charge is 1.99. The molecule has 0 bridgehead atoms. The van der Waals surface area contributed by atoms with Crippen LogP contribution in [0.3, 0.4) is 0 Å². The first-order valence-electron chi connectivity index (χ1n) is 2.81. The molecule has 0 amide bonds. The van der Waals surface area contributed by atoms with E-state index in [4.69, 9.17) is 5.11 Å². The molecule has 0 aromatic carbocycles. The topological polar surface area (TPSA) is 50.2 Å². The third-order valence-corrected chi connectivity index (χ3v) is 1.62. The van der Waals surface area contributed by atoms with Crippen molar-refractivity contribution in [2.75, 3.05) is 0 Å². The standard InChI is InChI=1S/C6H6NO2S/c8-6(9)2-1-5-3-10-4-7-5/h3H,1-2H2,(H,8,9). The summed E-state index contributed by atoms with van der Waals surface area (Å²) in [5.41, 5.74) is 3.46. The van der Waals surface area contributed by atoms with Crippen LogP contribution in [0.4, 0.5) is 0 Å². The summed E-state index contributed by atoms with van der Waals surface area (Å²) in [6.07, 6.45) is 0.660. The predicted molar refractivity (Wildman–Crippen MR) is 36.9 cm³/mol. The molecular weight excluding hydrogens is 150 g/mol. The summed E-state index contributed by atoms with van der Waals surface area (Å²) in [6.45, 7) is 0. The molecule has 4 heteroatoms. The van der Waals surface area contributed by atoms with E-state index in [2.05, 4.69) is 10.5 Å². The number of aromatic nitrogens is 1. The number of thiazole rings is 1. The van der Waals surface area contributed by atoms with Crippen LogP contribution in [0.25, 0.3) is 0 Å². The number of nitrogens with zero attached hydrogens (tertiary/aromatic N) is 1. The number of carbonyl (C=O) groups is 1. The van der Waals surface area contributed by atoms with E-state index in [0.29, 0.717) is 6.42 Å². The maximum Gasteiger partial charge on any atom is 0.303 e. The number of hydrogen-bond acceptors (Lipinski definition) is 3. The summed E-state index contributed by atoms with van der Waals surface area (Å²) in [5.74, 6) is -0.784. The zero-order chi connectivity index (χ0) is 7.40. The van der Waals surface area contributed by atoms with Crippen molar-refractivity contribution >= 4 is 17.3 Å². The van der Waals surface area contributed by atoms with Crippen molar-refractivity contribution in [1.29, 1.82) is 0 Å². The van der Waals surface area contributed by atoms with Gasteiger partial charge in [0.25, 0.3) is 0 Å². The molecule has 1 aromatic heterocycles. The molecule has 1 heterocycles. The summed E-state index contributed by atoms with van der Waals surface area (Å²) in [6, 6.07) is 0. The molecule has 0 unspecified atom stereocenters. The van der Waals surface area contributed by atoms with Gasteiger partial charge in [0.05, 0.1) is 12.1 Å². The van der Waals surface area contributed by atoms with Crippen LogP contribution in [0.15, 0.2) is 5.38 Å². The van der Waals surface area contributed by atoms with E-state index in [0.717, 1.165) is 5.69 Å². The molecule has 0 aliphatic rings. The zero-order valence-electron chi connectivity index (χ0n) is 5.20. The lowest BCUT2D eigenvalue weighted by atomic mass is 10.3. The minimum absolute atomic E-state index is 0.150. The van der Waals surface area contributed by atoms with Crippen molar-refractivity contribution in [3.8, 4) is 0 Å². The molecule has 1 aromatic rings.